The number of benzene rings is 2. The number of amides is 1. The number of likely N-dealkylation sites (tertiary alicyclic amines) is 1. The molecule has 0 spiro atoms. The fraction of sp³-hybridized carbons (Fsp3) is 0.500. The van der Waals surface area contributed by atoms with Gasteiger partial charge in [0.05, 0.1) is 0 Å². The maximum absolute atomic E-state index is 12.7. The van der Waals surface area contributed by atoms with Crippen molar-refractivity contribution in [2.45, 2.75) is 57.1 Å². The van der Waals surface area contributed by atoms with Crippen LogP contribution in [0.25, 0.3) is 0 Å². The number of nitrogens with two attached hydrogens (primary N) is 1. The molecule has 0 aromatic heterocycles. The summed E-state index contributed by atoms with van der Waals surface area (Å²) >= 11 is 0. The number of carbonyl (C=O) groups is 1. The van der Waals surface area contributed by atoms with E-state index in [-0.39, 0.29) is 12.0 Å². The first-order valence-corrected chi connectivity index (χ1v) is 11.8. The number of fused-ring (bicyclic) bond motifs is 1. The van der Waals surface area contributed by atoms with E-state index < -0.39 is 0 Å². The van der Waals surface area contributed by atoms with Gasteiger partial charge in [-0.1, -0.05) is 12.5 Å². The summed E-state index contributed by atoms with van der Waals surface area (Å²) < 4.78 is 6.35. The van der Waals surface area contributed by atoms with Crippen LogP contribution in [-0.2, 0) is 12.8 Å². The highest BCUT2D eigenvalue weighted by molar-refractivity contribution is 5.94. The Morgan fingerprint density at radius 2 is 1.58 bits per heavy atom. The second kappa shape index (κ2) is 8.91. The molecule has 2 heterocycles. The van der Waals surface area contributed by atoms with Crippen molar-refractivity contribution in [3.8, 4) is 5.75 Å². The normalized spacial score (nSPS) is 20.6. The zero-order valence-corrected chi connectivity index (χ0v) is 18.3. The van der Waals surface area contributed by atoms with E-state index in [0.29, 0.717) is 11.3 Å². The van der Waals surface area contributed by atoms with E-state index in [2.05, 4.69) is 23.1 Å². The number of anilines is 1. The first kappa shape index (κ1) is 20.4. The third-order valence-corrected chi connectivity index (χ3v) is 7.30. The quantitative estimate of drug-likeness (QED) is 0.764. The van der Waals surface area contributed by atoms with Crippen LogP contribution >= 0.6 is 0 Å². The first-order valence-electron chi connectivity index (χ1n) is 11.8. The van der Waals surface area contributed by atoms with E-state index >= 15 is 0 Å². The summed E-state index contributed by atoms with van der Waals surface area (Å²) in [5.74, 6) is 1.07. The molecule has 1 saturated carbocycles. The summed E-state index contributed by atoms with van der Waals surface area (Å²) in [6.45, 7) is 3.83. The number of rotatable bonds is 4. The summed E-state index contributed by atoms with van der Waals surface area (Å²) in [5, 5.41) is 0. The van der Waals surface area contributed by atoms with Gasteiger partial charge < -0.3 is 15.4 Å². The van der Waals surface area contributed by atoms with Crippen molar-refractivity contribution in [2.24, 2.45) is 0 Å². The SMILES string of the molecule is Nc1ccc(C(=O)N2CCC(Oc3ccc4c(c3)CCN(C3CCC3)CC4)CC2)cc1. The molecule has 5 nitrogen and oxygen atoms in total. The predicted molar refractivity (Wildman–Crippen MR) is 123 cm³/mol. The van der Waals surface area contributed by atoms with Crippen molar-refractivity contribution in [2.75, 3.05) is 31.9 Å². The maximum atomic E-state index is 12.7. The molecule has 2 aromatic rings. The van der Waals surface area contributed by atoms with Crippen molar-refractivity contribution in [1.82, 2.24) is 9.80 Å². The lowest BCUT2D eigenvalue weighted by Crippen LogP contribution is -2.41. The average molecular weight is 420 g/mol. The Balaban J connectivity index is 1.15. The van der Waals surface area contributed by atoms with E-state index in [1.54, 1.807) is 12.1 Å². The number of hydrogen-bond donors (Lipinski definition) is 1. The molecule has 1 saturated heterocycles. The van der Waals surface area contributed by atoms with Crippen LogP contribution in [0.1, 0.15) is 53.6 Å². The van der Waals surface area contributed by atoms with Crippen LogP contribution in [0.4, 0.5) is 5.69 Å². The first-order chi connectivity index (χ1) is 15.2. The molecule has 2 N–H and O–H groups in total. The molecule has 2 aliphatic heterocycles. The minimum absolute atomic E-state index is 0.0829. The van der Waals surface area contributed by atoms with E-state index in [1.165, 1.54) is 43.5 Å². The third-order valence-electron chi connectivity index (χ3n) is 7.30. The largest absolute Gasteiger partial charge is 0.490 e. The average Bonchev–Trinajstić information content (AvgIpc) is 2.96. The van der Waals surface area contributed by atoms with Crippen molar-refractivity contribution >= 4 is 11.6 Å². The van der Waals surface area contributed by atoms with Crippen molar-refractivity contribution in [1.29, 1.82) is 0 Å². The molecule has 0 radical (unpaired) electrons. The summed E-state index contributed by atoms with van der Waals surface area (Å²) in [6.07, 6.45) is 8.34. The Morgan fingerprint density at radius 3 is 2.26 bits per heavy atom. The highest BCUT2D eigenvalue weighted by Crippen LogP contribution is 2.29. The number of carbonyl (C=O) groups excluding carboxylic acids is 1. The Hall–Kier alpha value is -2.53. The number of ether oxygens (including phenoxy) is 1. The molecule has 0 bridgehead atoms. The van der Waals surface area contributed by atoms with Gasteiger partial charge in [0.1, 0.15) is 11.9 Å². The molecule has 0 unspecified atom stereocenters. The van der Waals surface area contributed by atoms with Crippen LogP contribution in [-0.4, -0.2) is 54.0 Å². The van der Waals surface area contributed by atoms with Gasteiger partial charge in [0.25, 0.3) is 5.91 Å². The van der Waals surface area contributed by atoms with Gasteiger partial charge in [-0.2, -0.15) is 0 Å². The second-order valence-corrected chi connectivity index (χ2v) is 9.28. The molecule has 31 heavy (non-hydrogen) atoms. The van der Waals surface area contributed by atoms with E-state index in [4.69, 9.17) is 10.5 Å². The van der Waals surface area contributed by atoms with Gasteiger partial charge in [0, 0.05) is 56.3 Å². The lowest BCUT2D eigenvalue weighted by molar-refractivity contribution is 0.0595. The topological polar surface area (TPSA) is 58.8 Å². The molecule has 5 heteroatoms. The van der Waals surface area contributed by atoms with E-state index in [1.807, 2.05) is 17.0 Å². The van der Waals surface area contributed by atoms with Gasteiger partial charge in [-0.3, -0.25) is 9.69 Å². The van der Waals surface area contributed by atoms with E-state index in [9.17, 15) is 4.79 Å². The summed E-state index contributed by atoms with van der Waals surface area (Å²) in [5.41, 5.74) is 10.1. The second-order valence-electron chi connectivity index (χ2n) is 9.28. The molecule has 1 amide bonds. The molecule has 1 aliphatic carbocycles. The fourth-order valence-corrected chi connectivity index (χ4v) is 5.09. The maximum Gasteiger partial charge on any atom is 0.253 e. The van der Waals surface area contributed by atoms with Crippen LogP contribution in [0.3, 0.4) is 0 Å². The molecule has 2 fully saturated rings. The molecule has 2 aromatic carbocycles. The molecule has 3 aliphatic rings. The summed E-state index contributed by atoms with van der Waals surface area (Å²) in [4.78, 5) is 17.3. The zero-order valence-electron chi connectivity index (χ0n) is 18.3. The van der Waals surface area contributed by atoms with Crippen molar-refractivity contribution in [3.05, 3.63) is 59.2 Å². The Bertz CT molecular complexity index is 915. The molecule has 5 rings (SSSR count). The van der Waals surface area contributed by atoms with E-state index in [0.717, 1.165) is 50.6 Å². The predicted octanol–water partition coefficient (Wildman–Crippen LogP) is 3.91. The Labute approximate surface area is 185 Å². The molecule has 164 valence electrons. The van der Waals surface area contributed by atoms with Crippen LogP contribution in [0.2, 0.25) is 0 Å². The van der Waals surface area contributed by atoms with Crippen LogP contribution < -0.4 is 10.5 Å². The van der Waals surface area contributed by atoms with Gasteiger partial charge in [-0.15, -0.1) is 0 Å². The van der Waals surface area contributed by atoms with Gasteiger partial charge >= 0.3 is 0 Å². The highest BCUT2D eigenvalue weighted by Gasteiger charge is 2.27. The van der Waals surface area contributed by atoms with Crippen LogP contribution in [0, 0.1) is 0 Å². The number of nitrogen functional groups attached to an aromatic ring is 1. The fourth-order valence-electron chi connectivity index (χ4n) is 5.09. The number of hydrogen-bond acceptors (Lipinski definition) is 4. The third kappa shape index (κ3) is 4.57. The van der Waals surface area contributed by atoms with Gasteiger partial charge in [-0.25, -0.2) is 0 Å². The summed E-state index contributed by atoms with van der Waals surface area (Å²) in [7, 11) is 0. The minimum Gasteiger partial charge on any atom is -0.490 e. The van der Waals surface area contributed by atoms with Crippen LogP contribution in [0.15, 0.2) is 42.5 Å². The standard InChI is InChI=1S/C26H33N3O2/c27-22-7-4-20(5-8-22)26(30)29-16-12-24(13-17-29)31-25-9-6-19-10-14-28(23-2-1-3-23)15-11-21(19)18-25/h4-9,18,23-24H,1-3,10-17,27H2. The smallest absolute Gasteiger partial charge is 0.253 e. The molecular formula is C26H33N3O2. The van der Waals surface area contributed by atoms with Gasteiger partial charge in [-0.05, 0) is 73.2 Å². The Morgan fingerprint density at radius 1 is 0.871 bits per heavy atom. The number of nitrogens with zero attached hydrogens (tertiary/aromatic N) is 2. The molecular weight excluding hydrogens is 386 g/mol. The lowest BCUT2D eigenvalue weighted by atomic mass is 9.91. The van der Waals surface area contributed by atoms with Gasteiger partial charge in [0.2, 0.25) is 0 Å². The van der Waals surface area contributed by atoms with Gasteiger partial charge in [0.15, 0.2) is 0 Å². The zero-order chi connectivity index (χ0) is 21.2. The highest BCUT2D eigenvalue weighted by atomic mass is 16.5. The number of piperidine rings is 1. The summed E-state index contributed by atoms with van der Waals surface area (Å²) in [6, 6.07) is 14.7. The molecule has 0 atom stereocenters. The Kier molecular flexibility index (Phi) is 5.86. The van der Waals surface area contributed by atoms with Crippen LogP contribution in [0.5, 0.6) is 5.75 Å². The lowest BCUT2D eigenvalue weighted by Gasteiger charge is -2.36. The van der Waals surface area contributed by atoms with Crippen molar-refractivity contribution < 1.29 is 9.53 Å². The van der Waals surface area contributed by atoms with Crippen molar-refractivity contribution in [3.63, 3.8) is 0 Å². The monoisotopic (exact) mass is 419 g/mol. The minimum atomic E-state index is 0.0829.